The minimum Gasteiger partial charge on any atom is -0.497 e. The zero-order valence-electron chi connectivity index (χ0n) is 11.6. The van der Waals surface area contributed by atoms with Crippen molar-refractivity contribution in [1.29, 1.82) is 0 Å². The average molecular weight is 260 g/mol. The zero-order chi connectivity index (χ0) is 13.8. The van der Waals surface area contributed by atoms with Gasteiger partial charge in [0, 0.05) is 11.4 Å². The second-order valence-corrected chi connectivity index (χ2v) is 4.61. The lowest BCUT2D eigenvalue weighted by Gasteiger charge is -2.17. The smallest absolute Gasteiger partial charge is 0.119 e. The standard InChI is InChI=1S/C15H20N2O2/c1-11-7-8-12(2)17(11)16-10-15(18)13-5-4-6-14(9-13)19-3/h4-9,15-16,18H,10H2,1-3H3. The van der Waals surface area contributed by atoms with Gasteiger partial charge in [-0.25, -0.2) is 0 Å². The lowest BCUT2D eigenvalue weighted by Crippen LogP contribution is -2.23. The Labute approximate surface area is 113 Å². The number of aliphatic hydroxyl groups excluding tert-OH is 1. The molecule has 1 atom stereocenters. The highest BCUT2D eigenvalue weighted by atomic mass is 16.5. The monoisotopic (exact) mass is 260 g/mol. The van der Waals surface area contributed by atoms with E-state index in [-0.39, 0.29) is 0 Å². The number of nitrogens with zero attached hydrogens (tertiary/aromatic N) is 1. The van der Waals surface area contributed by atoms with Gasteiger partial charge in [0.15, 0.2) is 0 Å². The van der Waals surface area contributed by atoms with Crippen molar-refractivity contribution in [3.8, 4) is 5.75 Å². The number of nitrogens with one attached hydrogen (secondary N) is 1. The van der Waals surface area contributed by atoms with Gasteiger partial charge in [0.25, 0.3) is 0 Å². The molecule has 1 unspecified atom stereocenters. The van der Waals surface area contributed by atoms with Crippen molar-refractivity contribution in [2.24, 2.45) is 0 Å². The van der Waals surface area contributed by atoms with Gasteiger partial charge < -0.3 is 15.3 Å². The van der Waals surface area contributed by atoms with Gasteiger partial charge >= 0.3 is 0 Å². The number of aliphatic hydroxyl groups is 1. The third kappa shape index (κ3) is 3.09. The molecule has 0 aliphatic rings. The third-order valence-corrected chi connectivity index (χ3v) is 3.19. The predicted octanol–water partition coefficient (Wildman–Crippen LogP) is 2.39. The predicted molar refractivity (Wildman–Crippen MR) is 76.1 cm³/mol. The number of hydrogen-bond acceptors (Lipinski definition) is 3. The van der Waals surface area contributed by atoms with Crippen LogP contribution in [-0.2, 0) is 0 Å². The van der Waals surface area contributed by atoms with E-state index in [0.29, 0.717) is 6.54 Å². The maximum absolute atomic E-state index is 10.2. The SMILES string of the molecule is COc1cccc(C(O)CNn2c(C)ccc2C)c1. The molecule has 1 aromatic carbocycles. The zero-order valence-corrected chi connectivity index (χ0v) is 11.6. The summed E-state index contributed by atoms with van der Waals surface area (Å²) in [6.45, 7) is 4.50. The molecule has 0 bridgehead atoms. The Kier molecular flexibility index (Phi) is 4.12. The first kappa shape index (κ1) is 13.5. The second-order valence-electron chi connectivity index (χ2n) is 4.61. The van der Waals surface area contributed by atoms with E-state index in [1.54, 1.807) is 7.11 Å². The topological polar surface area (TPSA) is 46.4 Å². The molecule has 102 valence electrons. The van der Waals surface area contributed by atoms with E-state index in [9.17, 15) is 5.11 Å². The van der Waals surface area contributed by atoms with Crippen molar-refractivity contribution in [2.45, 2.75) is 20.0 Å². The van der Waals surface area contributed by atoms with Crippen molar-refractivity contribution in [2.75, 3.05) is 19.1 Å². The van der Waals surface area contributed by atoms with Gasteiger partial charge in [-0.1, -0.05) is 12.1 Å². The average Bonchev–Trinajstić information content (AvgIpc) is 2.75. The molecule has 1 aromatic heterocycles. The fourth-order valence-electron chi connectivity index (χ4n) is 2.06. The molecular weight excluding hydrogens is 240 g/mol. The number of methoxy groups -OCH3 is 1. The number of hydrogen-bond donors (Lipinski definition) is 2. The van der Waals surface area contributed by atoms with E-state index < -0.39 is 6.10 Å². The molecular formula is C15H20N2O2. The van der Waals surface area contributed by atoms with E-state index in [1.165, 1.54) is 0 Å². The first-order chi connectivity index (χ1) is 9.11. The van der Waals surface area contributed by atoms with Crippen LogP contribution in [0.1, 0.15) is 23.1 Å². The number of aromatic nitrogens is 1. The maximum Gasteiger partial charge on any atom is 0.119 e. The summed E-state index contributed by atoms with van der Waals surface area (Å²) < 4.78 is 7.13. The van der Waals surface area contributed by atoms with E-state index in [0.717, 1.165) is 22.7 Å². The van der Waals surface area contributed by atoms with Crippen LogP contribution in [0.15, 0.2) is 36.4 Å². The summed E-state index contributed by atoms with van der Waals surface area (Å²) >= 11 is 0. The van der Waals surface area contributed by atoms with Crippen LogP contribution < -0.4 is 10.2 Å². The maximum atomic E-state index is 10.2. The molecule has 0 spiro atoms. The summed E-state index contributed by atoms with van der Waals surface area (Å²) in [5.74, 6) is 0.755. The highest BCUT2D eigenvalue weighted by molar-refractivity contribution is 5.30. The van der Waals surface area contributed by atoms with Crippen molar-refractivity contribution in [1.82, 2.24) is 4.68 Å². The van der Waals surface area contributed by atoms with Gasteiger partial charge in [-0.15, -0.1) is 0 Å². The van der Waals surface area contributed by atoms with Crippen LogP contribution in [0.3, 0.4) is 0 Å². The fraction of sp³-hybridized carbons (Fsp3) is 0.333. The Balaban J connectivity index is 2.03. The van der Waals surface area contributed by atoms with Crippen LogP contribution in [0.5, 0.6) is 5.75 Å². The number of benzene rings is 1. The molecule has 0 saturated heterocycles. The third-order valence-electron chi connectivity index (χ3n) is 3.19. The molecule has 2 N–H and O–H groups in total. The summed E-state index contributed by atoms with van der Waals surface area (Å²) in [6, 6.07) is 11.6. The molecule has 0 aliphatic heterocycles. The number of aryl methyl sites for hydroxylation is 2. The highest BCUT2D eigenvalue weighted by Gasteiger charge is 2.09. The molecule has 0 radical (unpaired) electrons. The largest absolute Gasteiger partial charge is 0.497 e. The highest BCUT2D eigenvalue weighted by Crippen LogP contribution is 2.19. The van der Waals surface area contributed by atoms with Gasteiger partial charge in [0.2, 0.25) is 0 Å². The number of ether oxygens (including phenoxy) is 1. The van der Waals surface area contributed by atoms with Crippen LogP contribution >= 0.6 is 0 Å². The Hall–Kier alpha value is -1.94. The Morgan fingerprint density at radius 2 is 1.89 bits per heavy atom. The van der Waals surface area contributed by atoms with Crippen molar-refractivity contribution >= 4 is 0 Å². The van der Waals surface area contributed by atoms with Crippen molar-refractivity contribution in [3.63, 3.8) is 0 Å². The normalized spacial score (nSPS) is 12.2. The molecule has 4 heteroatoms. The molecule has 0 saturated carbocycles. The minimum absolute atomic E-state index is 0.448. The van der Waals surface area contributed by atoms with Crippen molar-refractivity contribution < 1.29 is 9.84 Å². The van der Waals surface area contributed by atoms with Gasteiger partial charge in [-0.3, -0.25) is 4.68 Å². The summed E-state index contributed by atoms with van der Waals surface area (Å²) in [4.78, 5) is 0. The van der Waals surface area contributed by atoms with Crippen LogP contribution in [-0.4, -0.2) is 23.4 Å². The lowest BCUT2D eigenvalue weighted by atomic mass is 10.1. The Bertz CT molecular complexity index is 529. The van der Waals surface area contributed by atoms with E-state index in [2.05, 4.69) is 5.43 Å². The molecule has 2 rings (SSSR count). The van der Waals surface area contributed by atoms with Crippen molar-refractivity contribution in [3.05, 3.63) is 53.3 Å². The molecule has 1 heterocycles. The first-order valence-electron chi connectivity index (χ1n) is 6.32. The Morgan fingerprint density at radius 1 is 1.21 bits per heavy atom. The minimum atomic E-state index is -0.573. The van der Waals surface area contributed by atoms with Crippen LogP contribution in [0.4, 0.5) is 0 Å². The van der Waals surface area contributed by atoms with Gasteiger partial charge in [0.05, 0.1) is 19.8 Å². The summed E-state index contributed by atoms with van der Waals surface area (Å²) in [6.07, 6.45) is -0.573. The molecule has 0 aliphatic carbocycles. The fourth-order valence-corrected chi connectivity index (χ4v) is 2.06. The van der Waals surface area contributed by atoms with Crippen LogP contribution in [0, 0.1) is 13.8 Å². The molecule has 4 nitrogen and oxygen atoms in total. The quantitative estimate of drug-likeness (QED) is 0.867. The van der Waals surface area contributed by atoms with Crippen LogP contribution in [0.25, 0.3) is 0 Å². The van der Waals surface area contributed by atoms with Gasteiger partial charge in [-0.05, 0) is 43.7 Å². The second kappa shape index (κ2) is 5.80. The molecule has 0 amide bonds. The van der Waals surface area contributed by atoms with Gasteiger partial charge in [0.1, 0.15) is 5.75 Å². The van der Waals surface area contributed by atoms with E-state index in [1.807, 2.05) is 54.9 Å². The van der Waals surface area contributed by atoms with E-state index in [4.69, 9.17) is 4.74 Å². The van der Waals surface area contributed by atoms with Crippen LogP contribution in [0.2, 0.25) is 0 Å². The lowest BCUT2D eigenvalue weighted by molar-refractivity contribution is 0.187. The van der Waals surface area contributed by atoms with Gasteiger partial charge in [-0.2, -0.15) is 0 Å². The number of rotatable bonds is 5. The first-order valence-corrected chi connectivity index (χ1v) is 6.32. The summed E-state index contributed by atoms with van der Waals surface area (Å²) in [7, 11) is 1.62. The Morgan fingerprint density at radius 3 is 2.53 bits per heavy atom. The molecule has 19 heavy (non-hydrogen) atoms. The summed E-state index contributed by atoms with van der Waals surface area (Å²) in [5.41, 5.74) is 6.31. The van der Waals surface area contributed by atoms with E-state index >= 15 is 0 Å². The summed E-state index contributed by atoms with van der Waals surface area (Å²) in [5, 5.41) is 10.2. The molecule has 0 fully saturated rings. The molecule has 2 aromatic rings.